The van der Waals surface area contributed by atoms with Crippen LogP contribution in [0.4, 0.5) is 11.4 Å². The molecule has 168 valence electrons. The molecule has 0 aliphatic carbocycles. The number of aryl methyl sites for hydroxylation is 2. The summed E-state index contributed by atoms with van der Waals surface area (Å²) in [5, 5.41) is 2.76. The lowest BCUT2D eigenvalue weighted by atomic mass is 10.0. The topological polar surface area (TPSA) is 41.9 Å². The van der Waals surface area contributed by atoms with Crippen LogP contribution in [0.5, 0.6) is 5.75 Å². The van der Waals surface area contributed by atoms with Gasteiger partial charge in [0.25, 0.3) is 5.91 Å². The van der Waals surface area contributed by atoms with Crippen LogP contribution in [0.2, 0.25) is 0 Å². The SMILES string of the molecule is COc1ccc2ccccc2c1/C=C1\SC(=Nc2ccc(C)cc2)N(c2ccc(C)cc2)C1=O. The van der Waals surface area contributed by atoms with Crippen LogP contribution in [0.1, 0.15) is 16.7 Å². The first-order valence-electron chi connectivity index (χ1n) is 11.1. The Morgan fingerprint density at radius 3 is 2.24 bits per heavy atom. The number of hydrogen-bond donors (Lipinski definition) is 0. The van der Waals surface area contributed by atoms with Crippen molar-refractivity contribution in [3.8, 4) is 5.75 Å². The predicted molar refractivity (Wildman–Crippen MR) is 143 cm³/mol. The standard InChI is InChI=1S/C29H24N2O2S/c1-19-8-13-22(14-9-19)30-29-31(23-15-10-20(2)11-16-23)28(32)27(34-29)18-25-24-7-5-4-6-21(24)12-17-26(25)33-3/h4-18H,1-3H3/b27-18-,30-29?. The number of aliphatic imine (C=N–C) groups is 1. The van der Waals surface area contributed by atoms with Gasteiger partial charge in [0.05, 0.1) is 23.4 Å². The van der Waals surface area contributed by atoms with Gasteiger partial charge in [0.15, 0.2) is 5.17 Å². The summed E-state index contributed by atoms with van der Waals surface area (Å²) in [4.78, 5) is 20.8. The fraction of sp³-hybridized carbons (Fsp3) is 0.103. The zero-order chi connectivity index (χ0) is 23.7. The fourth-order valence-corrected chi connectivity index (χ4v) is 4.92. The van der Waals surface area contributed by atoms with Crippen LogP contribution in [0.3, 0.4) is 0 Å². The molecule has 0 aromatic heterocycles. The molecule has 1 saturated heterocycles. The summed E-state index contributed by atoms with van der Waals surface area (Å²) in [6, 6.07) is 28.0. The van der Waals surface area contributed by atoms with Gasteiger partial charge in [0.1, 0.15) is 5.75 Å². The smallest absolute Gasteiger partial charge is 0.271 e. The van der Waals surface area contributed by atoms with E-state index in [-0.39, 0.29) is 5.91 Å². The van der Waals surface area contributed by atoms with Gasteiger partial charge in [0.2, 0.25) is 0 Å². The molecule has 0 bridgehead atoms. The van der Waals surface area contributed by atoms with Gasteiger partial charge in [-0.2, -0.15) is 0 Å². The molecule has 1 heterocycles. The maximum atomic E-state index is 13.7. The Morgan fingerprint density at radius 2 is 1.53 bits per heavy atom. The third kappa shape index (κ3) is 4.22. The first-order chi connectivity index (χ1) is 16.5. The summed E-state index contributed by atoms with van der Waals surface area (Å²) in [6.07, 6.45) is 1.92. The van der Waals surface area contributed by atoms with Crippen molar-refractivity contribution in [2.75, 3.05) is 12.0 Å². The van der Waals surface area contributed by atoms with Crippen molar-refractivity contribution in [2.24, 2.45) is 4.99 Å². The summed E-state index contributed by atoms with van der Waals surface area (Å²) in [6.45, 7) is 4.07. The Bertz CT molecular complexity index is 1440. The molecule has 4 aromatic rings. The Kier molecular flexibility index (Phi) is 5.95. The Labute approximate surface area is 203 Å². The molecular formula is C29H24N2O2S. The second-order valence-corrected chi connectivity index (χ2v) is 9.23. The predicted octanol–water partition coefficient (Wildman–Crippen LogP) is 7.27. The van der Waals surface area contributed by atoms with Crippen molar-refractivity contribution in [1.82, 2.24) is 0 Å². The molecule has 1 fully saturated rings. The van der Waals surface area contributed by atoms with Crippen molar-refractivity contribution in [3.63, 3.8) is 0 Å². The van der Waals surface area contributed by atoms with Gasteiger partial charge in [-0.3, -0.25) is 9.69 Å². The molecular weight excluding hydrogens is 440 g/mol. The molecule has 5 heteroatoms. The molecule has 0 N–H and O–H groups in total. The van der Waals surface area contributed by atoms with Gasteiger partial charge in [-0.15, -0.1) is 0 Å². The normalized spacial score (nSPS) is 16.1. The number of carbonyl (C=O) groups excluding carboxylic acids is 1. The summed E-state index contributed by atoms with van der Waals surface area (Å²) in [5.41, 5.74) is 4.79. The lowest BCUT2D eigenvalue weighted by molar-refractivity contribution is -0.113. The molecule has 5 rings (SSSR count). The van der Waals surface area contributed by atoms with Gasteiger partial charge in [-0.1, -0.05) is 65.7 Å². The third-order valence-electron chi connectivity index (χ3n) is 5.78. The van der Waals surface area contributed by atoms with Crippen LogP contribution >= 0.6 is 11.8 Å². The number of hydrogen-bond acceptors (Lipinski definition) is 4. The molecule has 0 spiro atoms. The van der Waals surface area contributed by atoms with Gasteiger partial charge in [-0.25, -0.2) is 4.99 Å². The summed E-state index contributed by atoms with van der Waals surface area (Å²) < 4.78 is 5.65. The third-order valence-corrected chi connectivity index (χ3v) is 6.75. The minimum Gasteiger partial charge on any atom is -0.496 e. The molecule has 34 heavy (non-hydrogen) atoms. The van der Waals surface area contributed by atoms with Crippen LogP contribution in [0, 0.1) is 13.8 Å². The van der Waals surface area contributed by atoms with Crippen molar-refractivity contribution < 1.29 is 9.53 Å². The molecule has 1 aliphatic heterocycles. The second-order valence-electron chi connectivity index (χ2n) is 8.22. The van der Waals surface area contributed by atoms with E-state index >= 15 is 0 Å². The fourth-order valence-electron chi connectivity index (χ4n) is 3.93. The minimum atomic E-state index is -0.102. The van der Waals surface area contributed by atoms with E-state index in [9.17, 15) is 4.79 Å². The highest BCUT2D eigenvalue weighted by molar-refractivity contribution is 8.19. The lowest BCUT2D eigenvalue weighted by Crippen LogP contribution is -2.28. The van der Waals surface area contributed by atoms with Crippen molar-refractivity contribution >= 4 is 51.1 Å². The van der Waals surface area contributed by atoms with Gasteiger partial charge >= 0.3 is 0 Å². The van der Waals surface area contributed by atoms with Gasteiger partial charge < -0.3 is 4.74 Å². The number of carbonyl (C=O) groups is 1. The molecule has 0 saturated carbocycles. The summed E-state index contributed by atoms with van der Waals surface area (Å²) in [7, 11) is 1.65. The number of rotatable bonds is 4. The first-order valence-corrected chi connectivity index (χ1v) is 11.9. The lowest BCUT2D eigenvalue weighted by Gasteiger charge is -2.16. The molecule has 0 unspecified atom stereocenters. The maximum absolute atomic E-state index is 13.7. The number of fused-ring (bicyclic) bond motifs is 1. The zero-order valence-electron chi connectivity index (χ0n) is 19.3. The zero-order valence-corrected chi connectivity index (χ0v) is 20.1. The van der Waals surface area contributed by atoms with Crippen LogP contribution < -0.4 is 9.64 Å². The van der Waals surface area contributed by atoms with E-state index in [1.807, 2.05) is 98.8 Å². The Morgan fingerprint density at radius 1 is 0.853 bits per heavy atom. The van der Waals surface area contributed by atoms with Crippen LogP contribution in [-0.4, -0.2) is 18.2 Å². The number of amidine groups is 1. The number of methoxy groups -OCH3 is 1. The van der Waals surface area contributed by atoms with Crippen LogP contribution in [0.25, 0.3) is 16.8 Å². The van der Waals surface area contributed by atoms with E-state index in [2.05, 4.69) is 6.07 Å². The van der Waals surface area contributed by atoms with Crippen LogP contribution in [0.15, 0.2) is 94.8 Å². The van der Waals surface area contributed by atoms with E-state index in [0.717, 1.165) is 44.6 Å². The highest BCUT2D eigenvalue weighted by atomic mass is 32.2. The molecule has 0 atom stereocenters. The van der Waals surface area contributed by atoms with E-state index in [4.69, 9.17) is 9.73 Å². The number of thioether (sulfide) groups is 1. The highest BCUT2D eigenvalue weighted by Crippen LogP contribution is 2.39. The van der Waals surface area contributed by atoms with E-state index < -0.39 is 0 Å². The van der Waals surface area contributed by atoms with E-state index in [1.54, 1.807) is 12.0 Å². The van der Waals surface area contributed by atoms with Crippen LogP contribution in [-0.2, 0) is 4.79 Å². The quantitative estimate of drug-likeness (QED) is 0.298. The Hall–Kier alpha value is -3.83. The number of ether oxygens (including phenoxy) is 1. The number of nitrogens with zero attached hydrogens (tertiary/aromatic N) is 2. The largest absolute Gasteiger partial charge is 0.496 e. The molecule has 4 nitrogen and oxygen atoms in total. The molecule has 1 amide bonds. The number of anilines is 1. The van der Waals surface area contributed by atoms with E-state index in [0.29, 0.717) is 10.1 Å². The Balaban J connectivity index is 1.64. The number of amides is 1. The van der Waals surface area contributed by atoms with Crippen molar-refractivity contribution in [3.05, 3.63) is 107 Å². The average molecular weight is 465 g/mol. The van der Waals surface area contributed by atoms with Gasteiger partial charge in [0, 0.05) is 5.56 Å². The first kappa shape index (κ1) is 22.0. The number of benzene rings is 4. The monoisotopic (exact) mass is 464 g/mol. The summed E-state index contributed by atoms with van der Waals surface area (Å²) in [5.74, 6) is 0.625. The summed E-state index contributed by atoms with van der Waals surface area (Å²) >= 11 is 1.38. The molecule has 1 aliphatic rings. The van der Waals surface area contributed by atoms with Gasteiger partial charge in [-0.05, 0) is 72.8 Å². The minimum absolute atomic E-state index is 0.102. The average Bonchev–Trinajstić information content (AvgIpc) is 3.15. The molecule has 4 aromatic carbocycles. The van der Waals surface area contributed by atoms with Crippen molar-refractivity contribution in [2.45, 2.75) is 13.8 Å². The molecule has 0 radical (unpaired) electrons. The highest BCUT2D eigenvalue weighted by Gasteiger charge is 2.35. The van der Waals surface area contributed by atoms with E-state index in [1.165, 1.54) is 11.8 Å². The maximum Gasteiger partial charge on any atom is 0.271 e. The second kappa shape index (κ2) is 9.20. The van der Waals surface area contributed by atoms with Crippen molar-refractivity contribution in [1.29, 1.82) is 0 Å².